The topological polar surface area (TPSA) is 12.0 Å². The van der Waals surface area contributed by atoms with Gasteiger partial charge in [-0.3, -0.25) is 0 Å². The predicted octanol–water partition coefficient (Wildman–Crippen LogP) is 4.29. The van der Waals surface area contributed by atoms with Crippen LogP contribution in [-0.2, 0) is 0 Å². The lowest BCUT2D eigenvalue weighted by molar-refractivity contribution is 0.449. The van der Waals surface area contributed by atoms with Crippen molar-refractivity contribution < 1.29 is 0 Å². The summed E-state index contributed by atoms with van der Waals surface area (Å²) in [7, 11) is 0. The lowest BCUT2D eigenvalue weighted by Gasteiger charge is -2.24. The van der Waals surface area contributed by atoms with Crippen molar-refractivity contribution in [3.63, 3.8) is 0 Å². The summed E-state index contributed by atoms with van der Waals surface area (Å²) in [6, 6.07) is 0.642. The van der Waals surface area contributed by atoms with Crippen LogP contribution in [-0.4, -0.2) is 12.6 Å². The first-order chi connectivity index (χ1) is 7.74. The van der Waals surface area contributed by atoms with E-state index in [0.29, 0.717) is 6.04 Å². The van der Waals surface area contributed by atoms with Gasteiger partial charge in [0.2, 0.25) is 0 Å². The van der Waals surface area contributed by atoms with E-state index in [9.17, 15) is 0 Å². The highest BCUT2D eigenvalue weighted by atomic mass is 14.9. The molecule has 0 aromatic heterocycles. The molecule has 0 amide bonds. The van der Waals surface area contributed by atoms with Crippen LogP contribution >= 0.6 is 0 Å². The summed E-state index contributed by atoms with van der Waals surface area (Å²) in [6.45, 7) is 7.97. The molecule has 1 heteroatoms. The Hall–Kier alpha value is -0.300. The maximum absolute atomic E-state index is 3.66. The molecule has 1 unspecified atom stereocenters. The van der Waals surface area contributed by atoms with Gasteiger partial charge in [-0.15, -0.1) is 0 Å². The van der Waals surface area contributed by atoms with E-state index in [1.54, 1.807) is 5.57 Å². The fourth-order valence-corrected chi connectivity index (χ4v) is 2.62. The van der Waals surface area contributed by atoms with Gasteiger partial charge in [0.25, 0.3) is 0 Å². The van der Waals surface area contributed by atoms with Crippen molar-refractivity contribution >= 4 is 0 Å². The quantitative estimate of drug-likeness (QED) is 0.686. The number of allylic oxidation sites excluding steroid dienone is 1. The molecule has 0 aliphatic heterocycles. The summed E-state index contributed by atoms with van der Waals surface area (Å²) in [5, 5.41) is 3.66. The van der Waals surface area contributed by atoms with Gasteiger partial charge in [0.05, 0.1) is 0 Å². The summed E-state index contributed by atoms with van der Waals surface area (Å²) in [5.74, 6) is 0.787. The van der Waals surface area contributed by atoms with Gasteiger partial charge in [-0.25, -0.2) is 0 Å². The first kappa shape index (κ1) is 13.8. The molecule has 0 radical (unpaired) electrons. The number of likely N-dealkylation sites (N-methyl/N-ethyl adjacent to an activating group) is 1. The smallest absolute Gasteiger partial charge is 0.0281 e. The maximum Gasteiger partial charge on any atom is 0.0281 e. The highest BCUT2D eigenvalue weighted by Gasteiger charge is 2.15. The van der Waals surface area contributed by atoms with E-state index in [0.717, 1.165) is 12.5 Å². The average molecular weight is 223 g/mol. The van der Waals surface area contributed by atoms with Crippen molar-refractivity contribution in [1.29, 1.82) is 0 Å². The second-order valence-corrected chi connectivity index (χ2v) is 5.47. The summed E-state index contributed by atoms with van der Waals surface area (Å²) in [6.07, 6.45) is 12.1. The molecule has 0 aromatic carbocycles. The largest absolute Gasteiger partial charge is 0.311 e. The van der Waals surface area contributed by atoms with Crippen molar-refractivity contribution in [2.24, 2.45) is 5.92 Å². The molecular formula is C15H29N. The molecule has 1 nitrogen and oxygen atoms in total. The third kappa shape index (κ3) is 5.16. The van der Waals surface area contributed by atoms with Crippen LogP contribution in [0.15, 0.2) is 11.6 Å². The van der Waals surface area contributed by atoms with Crippen molar-refractivity contribution in [1.82, 2.24) is 5.32 Å². The van der Waals surface area contributed by atoms with E-state index >= 15 is 0 Å². The molecule has 1 N–H and O–H groups in total. The van der Waals surface area contributed by atoms with E-state index in [1.807, 2.05) is 0 Å². The number of hydrogen-bond acceptors (Lipinski definition) is 1. The van der Waals surface area contributed by atoms with Crippen LogP contribution in [0.25, 0.3) is 0 Å². The summed E-state index contributed by atoms with van der Waals surface area (Å²) in [5.41, 5.74) is 1.69. The Labute approximate surface area is 102 Å². The Morgan fingerprint density at radius 2 is 1.94 bits per heavy atom. The molecule has 0 spiro atoms. The van der Waals surface area contributed by atoms with Gasteiger partial charge in [-0.05, 0) is 44.6 Å². The zero-order valence-electron chi connectivity index (χ0n) is 11.4. The van der Waals surface area contributed by atoms with E-state index in [-0.39, 0.29) is 0 Å². The van der Waals surface area contributed by atoms with Crippen LogP contribution in [0.5, 0.6) is 0 Å². The Balaban J connectivity index is 2.58. The lowest BCUT2D eigenvalue weighted by atomic mass is 9.90. The highest BCUT2D eigenvalue weighted by Crippen LogP contribution is 2.22. The van der Waals surface area contributed by atoms with Crippen molar-refractivity contribution in [3.8, 4) is 0 Å². The van der Waals surface area contributed by atoms with Gasteiger partial charge >= 0.3 is 0 Å². The van der Waals surface area contributed by atoms with E-state index in [2.05, 4.69) is 32.2 Å². The van der Waals surface area contributed by atoms with Crippen LogP contribution < -0.4 is 5.32 Å². The number of hydrogen-bond donors (Lipinski definition) is 1. The van der Waals surface area contributed by atoms with Crippen molar-refractivity contribution in [2.75, 3.05) is 6.54 Å². The van der Waals surface area contributed by atoms with Crippen LogP contribution in [0, 0.1) is 5.92 Å². The summed E-state index contributed by atoms with van der Waals surface area (Å²) >= 11 is 0. The normalized spacial score (nSPS) is 20.1. The maximum atomic E-state index is 3.66. The highest BCUT2D eigenvalue weighted by molar-refractivity contribution is 5.11. The third-order valence-corrected chi connectivity index (χ3v) is 3.43. The molecule has 0 fully saturated rings. The first-order valence-electron chi connectivity index (χ1n) is 7.16. The fourth-order valence-electron chi connectivity index (χ4n) is 2.62. The summed E-state index contributed by atoms with van der Waals surface area (Å²) in [4.78, 5) is 0. The number of nitrogens with one attached hydrogen (secondary N) is 1. The minimum atomic E-state index is 0.642. The van der Waals surface area contributed by atoms with E-state index < -0.39 is 0 Å². The molecule has 1 atom stereocenters. The minimum absolute atomic E-state index is 0.642. The van der Waals surface area contributed by atoms with Gasteiger partial charge in [0.15, 0.2) is 0 Å². The second kappa shape index (κ2) is 7.89. The molecule has 0 bridgehead atoms. The van der Waals surface area contributed by atoms with E-state index in [1.165, 1.54) is 44.9 Å². The van der Waals surface area contributed by atoms with Gasteiger partial charge < -0.3 is 5.32 Å². The molecule has 1 aliphatic carbocycles. The van der Waals surface area contributed by atoms with E-state index in [4.69, 9.17) is 0 Å². The van der Waals surface area contributed by atoms with Crippen LogP contribution in [0.3, 0.4) is 0 Å². The standard InChI is InChI=1S/C15H29N/c1-4-16-15(12-13(2)3)14-10-8-6-5-7-9-11-14/h10,13,15-16H,4-9,11-12H2,1-3H3. The van der Waals surface area contributed by atoms with Gasteiger partial charge in [0.1, 0.15) is 0 Å². The molecule has 0 saturated carbocycles. The van der Waals surface area contributed by atoms with Crippen molar-refractivity contribution in [3.05, 3.63) is 11.6 Å². The number of rotatable bonds is 5. The second-order valence-electron chi connectivity index (χ2n) is 5.47. The Bertz CT molecular complexity index is 205. The van der Waals surface area contributed by atoms with Crippen LogP contribution in [0.2, 0.25) is 0 Å². The summed E-state index contributed by atoms with van der Waals surface area (Å²) < 4.78 is 0. The molecule has 16 heavy (non-hydrogen) atoms. The molecule has 0 heterocycles. The third-order valence-electron chi connectivity index (χ3n) is 3.43. The predicted molar refractivity (Wildman–Crippen MR) is 72.7 cm³/mol. The van der Waals surface area contributed by atoms with Gasteiger partial charge in [-0.2, -0.15) is 0 Å². The Morgan fingerprint density at radius 3 is 2.62 bits per heavy atom. The minimum Gasteiger partial charge on any atom is -0.311 e. The van der Waals surface area contributed by atoms with Crippen molar-refractivity contribution in [2.45, 2.75) is 71.8 Å². The Morgan fingerprint density at radius 1 is 1.19 bits per heavy atom. The molecule has 94 valence electrons. The molecule has 1 rings (SSSR count). The lowest BCUT2D eigenvalue weighted by Crippen LogP contribution is -2.32. The molecule has 1 aliphatic rings. The SMILES string of the molecule is CCNC(CC(C)C)C1=CCCCCCC1. The van der Waals surface area contributed by atoms with Crippen LogP contribution in [0.1, 0.15) is 65.7 Å². The fraction of sp³-hybridized carbons (Fsp3) is 0.867. The Kier molecular flexibility index (Phi) is 6.79. The average Bonchev–Trinajstić information content (AvgIpc) is 2.15. The van der Waals surface area contributed by atoms with Crippen LogP contribution in [0.4, 0.5) is 0 Å². The zero-order valence-corrected chi connectivity index (χ0v) is 11.4. The molecule has 0 aromatic rings. The first-order valence-corrected chi connectivity index (χ1v) is 7.16. The van der Waals surface area contributed by atoms with Gasteiger partial charge in [-0.1, -0.05) is 45.3 Å². The molecule has 0 saturated heterocycles. The zero-order chi connectivity index (χ0) is 11.8. The molecular weight excluding hydrogens is 194 g/mol. The van der Waals surface area contributed by atoms with Gasteiger partial charge in [0, 0.05) is 6.04 Å². The monoisotopic (exact) mass is 223 g/mol.